The van der Waals surface area contributed by atoms with Crippen molar-refractivity contribution in [1.29, 1.82) is 0 Å². The number of piperidine rings is 1. The number of rotatable bonds is 8. The fourth-order valence-corrected chi connectivity index (χ4v) is 4.27. The second kappa shape index (κ2) is 10.5. The predicted octanol–water partition coefficient (Wildman–Crippen LogP) is 4.95. The van der Waals surface area contributed by atoms with Crippen LogP contribution < -0.4 is 10.1 Å². The van der Waals surface area contributed by atoms with E-state index in [1.54, 1.807) is 20.5 Å². The van der Waals surface area contributed by atoms with Crippen LogP contribution in [0, 0.1) is 5.92 Å². The van der Waals surface area contributed by atoms with Gasteiger partial charge in [-0.05, 0) is 73.5 Å². The zero-order valence-electron chi connectivity index (χ0n) is 18.7. The van der Waals surface area contributed by atoms with E-state index in [1.165, 1.54) is 5.56 Å². The predicted molar refractivity (Wildman–Crippen MR) is 124 cm³/mol. The van der Waals surface area contributed by atoms with E-state index in [0.717, 1.165) is 60.8 Å². The van der Waals surface area contributed by atoms with E-state index in [2.05, 4.69) is 22.3 Å². The van der Waals surface area contributed by atoms with E-state index in [9.17, 15) is 4.79 Å². The van der Waals surface area contributed by atoms with Gasteiger partial charge in [-0.1, -0.05) is 6.07 Å². The van der Waals surface area contributed by atoms with E-state index in [-0.39, 0.29) is 11.8 Å². The third-order valence-electron chi connectivity index (χ3n) is 5.89. The highest BCUT2D eigenvalue weighted by Crippen LogP contribution is 2.25. The maximum atomic E-state index is 12.9. The molecule has 1 amide bonds. The minimum atomic E-state index is -0.0230. The molecule has 1 atom stereocenters. The lowest BCUT2D eigenvalue weighted by atomic mass is 9.96. The molecular formula is C26H30N2O4. The largest absolute Gasteiger partial charge is 0.496 e. The Kier molecular flexibility index (Phi) is 7.24. The van der Waals surface area contributed by atoms with Gasteiger partial charge in [-0.3, -0.25) is 9.69 Å². The monoisotopic (exact) mass is 434 g/mol. The molecule has 1 N–H and O–H groups in total. The maximum absolute atomic E-state index is 12.9. The number of furan rings is 1. The summed E-state index contributed by atoms with van der Waals surface area (Å²) in [6, 6.07) is 17.8. The molecule has 168 valence electrons. The van der Waals surface area contributed by atoms with Crippen molar-refractivity contribution in [3.05, 3.63) is 72.0 Å². The van der Waals surface area contributed by atoms with E-state index >= 15 is 0 Å². The molecule has 0 unspecified atom stereocenters. The molecule has 0 saturated carbocycles. The molecule has 1 aromatic heterocycles. The van der Waals surface area contributed by atoms with Crippen LogP contribution in [0.2, 0.25) is 0 Å². The number of nitrogens with one attached hydrogen (secondary N) is 1. The highest BCUT2D eigenvalue weighted by Gasteiger charge is 2.26. The van der Waals surface area contributed by atoms with Gasteiger partial charge < -0.3 is 19.2 Å². The first-order valence-corrected chi connectivity index (χ1v) is 11.0. The minimum Gasteiger partial charge on any atom is -0.496 e. The number of likely N-dealkylation sites (tertiary alicyclic amines) is 1. The molecule has 2 aromatic carbocycles. The van der Waals surface area contributed by atoms with Crippen LogP contribution >= 0.6 is 0 Å². The highest BCUT2D eigenvalue weighted by atomic mass is 16.5. The van der Waals surface area contributed by atoms with E-state index in [0.29, 0.717) is 6.61 Å². The van der Waals surface area contributed by atoms with Crippen molar-refractivity contribution in [2.24, 2.45) is 5.92 Å². The van der Waals surface area contributed by atoms with Crippen LogP contribution in [0.4, 0.5) is 5.69 Å². The normalized spacial score (nSPS) is 16.6. The topological polar surface area (TPSA) is 63.9 Å². The maximum Gasteiger partial charge on any atom is 0.228 e. The van der Waals surface area contributed by atoms with Gasteiger partial charge in [0, 0.05) is 37.0 Å². The Morgan fingerprint density at radius 3 is 2.72 bits per heavy atom. The summed E-state index contributed by atoms with van der Waals surface area (Å²) < 4.78 is 16.1. The molecule has 0 spiro atoms. The van der Waals surface area contributed by atoms with Crippen molar-refractivity contribution in [1.82, 2.24) is 4.90 Å². The Bertz CT molecular complexity index is 1010. The van der Waals surface area contributed by atoms with Crippen LogP contribution in [-0.4, -0.2) is 38.1 Å². The number of amides is 1. The number of carbonyl (C=O) groups is 1. The van der Waals surface area contributed by atoms with Gasteiger partial charge in [0.25, 0.3) is 0 Å². The molecule has 0 aliphatic carbocycles. The molecule has 1 saturated heterocycles. The van der Waals surface area contributed by atoms with Crippen molar-refractivity contribution < 1.29 is 18.7 Å². The highest BCUT2D eigenvalue weighted by molar-refractivity contribution is 5.93. The van der Waals surface area contributed by atoms with Crippen LogP contribution in [0.5, 0.6) is 5.75 Å². The lowest BCUT2D eigenvalue weighted by Gasteiger charge is -2.32. The minimum absolute atomic E-state index is 0.0230. The van der Waals surface area contributed by atoms with Crippen LogP contribution in [0.15, 0.2) is 65.3 Å². The van der Waals surface area contributed by atoms with Crippen molar-refractivity contribution in [3.8, 4) is 17.1 Å². The Labute approximate surface area is 189 Å². The molecule has 6 nitrogen and oxygen atoms in total. The summed E-state index contributed by atoms with van der Waals surface area (Å²) in [5.41, 5.74) is 4.04. The molecular weight excluding hydrogens is 404 g/mol. The number of ether oxygens (including phenoxy) is 2. The summed E-state index contributed by atoms with van der Waals surface area (Å²) in [5, 5.41) is 3.08. The molecule has 0 radical (unpaired) electrons. The summed E-state index contributed by atoms with van der Waals surface area (Å²) in [4.78, 5) is 15.3. The second-order valence-electron chi connectivity index (χ2n) is 8.20. The molecule has 1 aliphatic heterocycles. The number of anilines is 1. The van der Waals surface area contributed by atoms with Gasteiger partial charge in [-0.15, -0.1) is 0 Å². The number of carbonyl (C=O) groups excluding carboxylic acids is 1. The van der Waals surface area contributed by atoms with E-state index < -0.39 is 0 Å². The SMILES string of the molecule is COCc1cc(CN2CCC[C@H](C(=O)Nc3ccc(-c4ccco4)cc3)C2)ccc1OC. The van der Waals surface area contributed by atoms with E-state index in [1.807, 2.05) is 42.5 Å². The van der Waals surface area contributed by atoms with E-state index in [4.69, 9.17) is 13.9 Å². The third-order valence-corrected chi connectivity index (χ3v) is 5.89. The molecule has 1 fully saturated rings. The quantitative estimate of drug-likeness (QED) is 0.543. The first-order valence-electron chi connectivity index (χ1n) is 11.0. The van der Waals surface area contributed by atoms with Gasteiger partial charge >= 0.3 is 0 Å². The third kappa shape index (κ3) is 5.39. The Morgan fingerprint density at radius 1 is 1.16 bits per heavy atom. The van der Waals surface area contributed by atoms with Crippen molar-refractivity contribution in [2.75, 3.05) is 32.6 Å². The fourth-order valence-electron chi connectivity index (χ4n) is 4.27. The van der Waals surface area contributed by atoms with Crippen LogP contribution in [0.1, 0.15) is 24.0 Å². The van der Waals surface area contributed by atoms with Crippen molar-refractivity contribution in [2.45, 2.75) is 26.0 Å². The number of nitrogens with zero attached hydrogens (tertiary/aromatic N) is 1. The van der Waals surface area contributed by atoms with Crippen LogP contribution in [0.3, 0.4) is 0 Å². The first kappa shape index (κ1) is 22.1. The van der Waals surface area contributed by atoms with Crippen molar-refractivity contribution in [3.63, 3.8) is 0 Å². The number of methoxy groups -OCH3 is 2. The Balaban J connectivity index is 1.35. The summed E-state index contributed by atoms with van der Waals surface area (Å²) >= 11 is 0. The summed E-state index contributed by atoms with van der Waals surface area (Å²) in [6.45, 7) is 3.07. The van der Waals surface area contributed by atoms with Gasteiger partial charge in [-0.2, -0.15) is 0 Å². The smallest absolute Gasteiger partial charge is 0.228 e. The number of benzene rings is 2. The van der Waals surface area contributed by atoms with Gasteiger partial charge in [-0.25, -0.2) is 0 Å². The van der Waals surface area contributed by atoms with Gasteiger partial charge in [0.05, 0.1) is 25.9 Å². The molecule has 6 heteroatoms. The molecule has 4 rings (SSSR count). The average Bonchev–Trinajstić information content (AvgIpc) is 3.35. The molecule has 32 heavy (non-hydrogen) atoms. The molecule has 2 heterocycles. The zero-order chi connectivity index (χ0) is 22.3. The standard InChI is InChI=1S/C26H30N2O4/c1-30-18-22-15-19(7-12-24(22)31-2)16-28-13-3-5-21(17-28)26(29)27-23-10-8-20(9-11-23)25-6-4-14-32-25/h4,6-12,14-15,21H,3,5,13,16-18H2,1-2H3,(H,27,29)/t21-/m0/s1. The summed E-state index contributed by atoms with van der Waals surface area (Å²) in [5.74, 6) is 1.71. The fraction of sp³-hybridized carbons (Fsp3) is 0.346. The lowest BCUT2D eigenvalue weighted by Crippen LogP contribution is -2.40. The summed E-state index contributed by atoms with van der Waals surface area (Å²) in [6.07, 6.45) is 3.57. The number of hydrogen-bond acceptors (Lipinski definition) is 5. The average molecular weight is 435 g/mol. The molecule has 1 aliphatic rings. The van der Waals surface area contributed by atoms with Gasteiger partial charge in [0.1, 0.15) is 11.5 Å². The Morgan fingerprint density at radius 2 is 2.00 bits per heavy atom. The zero-order valence-corrected chi connectivity index (χ0v) is 18.7. The van der Waals surface area contributed by atoms with Crippen molar-refractivity contribution >= 4 is 11.6 Å². The van der Waals surface area contributed by atoms with Gasteiger partial charge in [0.2, 0.25) is 5.91 Å². The number of hydrogen-bond donors (Lipinski definition) is 1. The second-order valence-corrected chi connectivity index (χ2v) is 8.20. The van der Waals surface area contributed by atoms with Crippen LogP contribution in [0.25, 0.3) is 11.3 Å². The first-order chi connectivity index (χ1) is 15.7. The van der Waals surface area contributed by atoms with Gasteiger partial charge in [0.15, 0.2) is 0 Å². The Hall–Kier alpha value is -3.09. The molecule has 3 aromatic rings. The van der Waals surface area contributed by atoms with Crippen LogP contribution in [-0.2, 0) is 22.7 Å². The molecule has 0 bridgehead atoms. The summed E-state index contributed by atoms with van der Waals surface area (Å²) in [7, 11) is 3.36. The lowest BCUT2D eigenvalue weighted by molar-refractivity contribution is -0.121.